The Balaban J connectivity index is 1.40. The second-order valence-corrected chi connectivity index (χ2v) is 6.63. The van der Waals surface area contributed by atoms with E-state index in [9.17, 15) is 4.79 Å². The van der Waals surface area contributed by atoms with Gasteiger partial charge in [0, 0.05) is 36.3 Å². The summed E-state index contributed by atoms with van der Waals surface area (Å²) < 4.78 is 5.26. The molecule has 2 aromatic rings. The van der Waals surface area contributed by atoms with Crippen LogP contribution in [0.5, 0.6) is 0 Å². The molecule has 1 aromatic carbocycles. The minimum Gasteiger partial charge on any atom is -0.367 e. The zero-order chi connectivity index (χ0) is 15.8. The van der Waals surface area contributed by atoms with Crippen molar-refractivity contribution in [2.75, 3.05) is 11.4 Å². The van der Waals surface area contributed by atoms with Crippen LogP contribution in [0.2, 0.25) is 0 Å². The normalized spacial score (nSPS) is 24.0. The van der Waals surface area contributed by atoms with Gasteiger partial charge in [-0.1, -0.05) is 23.4 Å². The van der Waals surface area contributed by atoms with E-state index in [1.807, 2.05) is 18.2 Å². The summed E-state index contributed by atoms with van der Waals surface area (Å²) in [4.78, 5) is 14.7. The molecule has 1 saturated heterocycles. The van der Waals surface area contributed by atoms with E-state index in [0.29, 0.717) is 17.7 Å². The van der Waals surface area contributed by atoms with Gasteiger partial charge in [0.25, 0.3) is 5.91 Å². The van der Waals surface area contributed by atoms with Gasteiger partial charge in [-0.25, -0.2) is 0 Å². The van der Waals surface area contributed by atoms with E-state index in [0.717, 1.165) is 31.6 Å². The summed E-state index contributed by atoms with van der Waals surface area (Å²) in [6, 6.07) is 12.7. The van der Waals surface area contributed by atoms with E-state index in [-0.39, 0.29) is 11.9 Å². The van der Waals surface area contributed by atoms with Crippen molar-refractivity contribution in [3.63, 3.8) is 0 Å². The summed E-state index contributed by atoms with van der Waals surface area (Å²) in [5.74, 6) is 1.19. The standard InChI is InChI=1S/C18H21N3O2/c1-12-9-14(11-21(12)15-5-3-2-4-6-15)19-18(22)16-10-17(23-20-16)13-7-8-13/h2-6,10,12-14H,7-9,11H2,1H3,(H,19,22). The molecule has 1 saturated carbocycles. The molecule has 0 spiro atoms. The van der Waals surface area contributed by atoms with Crippen molar-refractivity contribution in [3.05, 3.63) is 47.9 Å². The number of anilines is 1. The molecule has 0 radical (unpaired) electrons. The first kappa shape index (κ1) is 14.3. The first-order chi connectivity index (χ1) is 11.2. The number of carbonyl (C=O) groups is 1. The minimum absolute atomic E-state index is 0.132. The maximum atomic E-state index is 12.4. The van der Waals surface area contributed by atoms with Gasteiger partial charge in [0.15, 0.2) is 5.69 Å². The number of carbonyl (C=O) groups excluding carboxylic acids is 1. The Morgan fingerprint density at radius 1 is 1.30 bits per heavy atom. The smallest absolute Gasteiger partial charge is 0.273 e. The number of rotatable bonds is 4. The van der Waals surface area contributed by atoms with Crippen LogP contribution in [-0.2, 0) is 0 Å². The van der Waals surface area contributed by atoms with Gasteiger partial charge in [0.1, 0.15) is 5.76 Å². The average Bonchev–Trinajstić information content (AvgIpc) is 3.17. The molecule has 2 aliphatic rings. The fourth-order valence-electron chi connectivity index (χ4n) is 3.33. The van der Waals surface area contributed by atoms with Crippen molar-refractivity contribution in [2.45, 2.75) is 44.2 Å². The molecular formula is C18H21N3O2. The summed E-state index contributed by atoms with van der Waals surface area (Å²) in [5.41, 5.74) is 1.60. The summed E-state index contributed by atoms with van der Waals surface area (Å²) in [6.45, 7) is 3.02. The van der Waals surface area contributed by atoms with Crippen LogP contribution < -0.4 is 10.2 Å². The van der Waals surface area contributed by atoms with Gasteiger partial charge in [-0.05, 0) is 38.3 Å². The number of amides is 1. The molecule has 4 rings (SSSR count). The Bertz CT molecular complexity index is 693. The van der Waals surface area contributed by atoms with Gasteiger partial charge in [-0.3, -0.25) is 4.79 Å². The molecule has 1 amide bonds. The zero-order valence-corrected chi connectivity index (χ0v) is 13.2. The lowest BCUT2D eigenvalue weighted by Crippen LogP contribution is -2.37. The molecule has 23 heavy (non-hydrogen) atoms. The topological polar surface area (TPSA) is 58.4 Å². The lowest BCUT2D eigenvalue weighted by Gasteiger charge is -2.23. The van der Waals surface area contributed by atoms with Gasteiger partial charge in [0.2, 0.25) is 0 Å². The van der Waals surface area contributed by atoms with Crippen LogP contribution in [0.4, 0.5) is 5.69 Å². The lowest BCUT2D eigenvalue weighted by molar-refractivity contribution is 0.0931. The highest BCUT2D eigenvalue weighted by Gasteiger charge is 2.32. The first-order valence-corrected chi connectivity index (χ1v) is 8.30. The molecule has 2 atom stereocenters. The molecule has 1 aliphatic heterocycles. The number of hydrogen-bond donors (Lipinski definition) is 1. The number of nitrogens with zero attached hydrogens (tertiary/aromatic N) is 2. The van der Waals surface area contributed by atoms with Crippen LogP contribution in [0.15, 0.2) is 40.9 Å². The fourth-order valence-corrected chi connectivity index (χ4v) is 3.33. The molecule has 0 bridgehead atoms. The van der Waals surface area contributed by atoms with Gasteiger partial charge in [-0.15, -0.1) is 0 Å². The molecule has 2 heterocycles. The highest BCUT2D eigenvalue weighted by atomic mass is 16.5. The molecule has 5 nitrogen and oxygen atoms in total. The lowest BCUT2D eigenvalue weighted by atomic mass is 10.2. The largest absolute Gasteiger partial charge is 0.367 e. The minimum atomic E-state index is -0.132. The van der Waals surface area contributed by atoms with Crippen molar-refractivity contribution >= 4 is 11.6 Å². The average molecular weight is 311 g/mol. The van der Waals surface area contributed by atoms with Gasteiger partial charge in [0.05, 0.1) is 0 Å². The molecule has 1 aromatic heterocycles. The highest BCUT2D eigenvalue weighted by Crippen LogP contribution is 2.40. The third kappa shape index (κ3) is 2.96. The summed E-state index contributed by atoms with van der Waals surface area (Å²) >= 11 is 0. The number of nitrogens with one attached hydrogen (secondary N) is 1. The van der Waals surface area contributed by atoms with Crippen molar-refractivity contribution in [3.8, 4) is 0 Å². The van der Waals surface area contributed by atoms with Gasteiger partial charge in [-0.2, -0.15) is 0 Å². The maximum Gasteiger partial charge on any atom is 0.273 e. The molecular weight excluding hydrogens is 290 g/mol. The van der Waals surface area contributed by atoms with Crippen molar-refractivity contribution < 1.29 is 9.32 Å². The van der Waals surface area contributed by atoms with Crippen LogP contribution >= 0.6 is 0 Å². The van der Waals surface area contributed by atoms with E-state index in [1.54, 1.807) is 6.07 Å². The van der Waals surface area contributed by atoms with Crippen LogP contribution in [0.25, 0.3) is 0 Å². The Hall–Kier alpha value is -2.30. The maximum absolute atomic E-state index is 12.4. The monoisotopic (exact) mass is 311 g/mol. The number of hydrogen-bond acceptors (Lipinski definition) is 4. The molecule has 5 heteroatoms. The van der Waals surface area contributed by atoms with E-state index < -0.39 is 0 Å². The quantitative estimate of drug-likeness (QED) is 0.943. The third-order valence-corrected chi connectivity index (χ3v) is 4.74. The Morgan fingerprint density at radius 2 is 2.09 bits per heavy atom. The molecule has 2 fully saturated rings. The fraction of sp³-hybridized carbons (Fsp3) is 0.444. The number of aromatic nitrogens is 1. The van der Waals surface area contributed by atoms with Crippen molar-refractivity contribution in [1.82, 2.24) is 10.5 Å². The summed E-state index contributed by atoms with van der Waals surface area (Å²) in [7, 11) is 0. The molecule has 120 valence electrons. The van der Waals surface area contributed by atoms with Crippen molar-refractivity contribution in [2.24, 2.45) is 0 Å². The Morgan fingerprint density at radius 3 is 2.83 bits per heavy atom. The molecule has 2 unspecified atom stereocenters. The van der Waals surface area contributed by atoms with E-state index in [2.05, 4.69) is 34.4 Å². The Kier molecular flexibility index (Phi) is 3.56. The van der Waals surface area contributed by atoms with Crippen LogP contribution in [0, 0.1) is 0 Å². The summed E-state index contributed by atoms with van der Waals surface area (Å²) in [5, 5.41) is 7.01. The van der Waals surface area contributed by atoms with Gasteiger partial charge < -0.3 is 14.7 Å². The van der Waals surface area contributed by atoms with Crippen LogP contribution in [-0.4, -0.2) is 29.7 Å². The van der Waals surface area contributed by atoms with E-state index in [4.69, 9.17) is 4.52 Å². The second-order valence-electron chi connectivity index (χ2n) is 6.63. The third-order valence-electron chi connectivity index (χ3n) is 4.74. The Labute approximate surface area is 135 Å². The number of para-hydroxylation sites is 1. The van der Waals surface area contributed by atoms with Crippen LogP contribution in [0.1, 0.15) is 48.4 Å². The SMILES string of the molecule is CC1CC(NC(=O)c2cc(C3CC3)on2)CN1c1ccccc1. The molecule has 1 N–H and O–H groups in total. The van der Waals surface area contributed by atoms with E-state index in [1.165, 1.54) is 5.69 Å². The van der Waals surface area contributed by atoms with E-state index >= 15 is 0 Å². The van der Waals surface area contributed by atoms with Gasteiger partial charge >= 0.3 is 0 Å². The number of benzene rings is 1. The van der Waals surface area contributed by atoms with Crippen LogP contribution in [0.3, 0.4) is 0 Å². The second kappa shape index (κ2) is 5.72. The highest BCUT2D eigenvalue weighted by molar-refractivity contribution is 5.92. The predicted octanol–water partition coefficient (Wildman–Crippen LogP) is 2.95. The summed E-state index contributed by atoms with van der Waals surface area (Å²) in [6.07, 6.45) is 3.22. The zero-order valence-electron chi connectivity index (χ0n) is 13.2. The first-order valence-electron chi connectivity index (χ1n) is 8.30. The predicted molar refractivity (Wildman–Crippen MR) is 87.6 cm³/mol. The molecule has 1 aliphatic carbocycles. The van der Waals surface area contributed by atoms with Crippen molar-refractivity contribution in [1.29, 1.82) is 0 Å².